The third-order valence-electron chi connectivity index (χ3n) is 11.2. The van der Waals surface area contributed by atoms with Crippen molar-refractivity contribution in [1.82, 2.24) is 5.32 Å². The van der Waals surface area contributed by atoms with Crippen molar-refractivity contribution < 1.29 is 19.5 Å². The number of carbonyl (C=O) groups excluding carboxylic acids is 2. The van der Waals surface area contributed by atoms with Crippen LogP contribution in [0.4, 0.5) is 0 Å². The summed E-state index contributed by atoms with van der Waals surface area (Å²) in [5.74, 6) is 4.11. The molecular formula is C28H45NO4. The van der Waals surface area contributed by atoms with Crippen LogP contribution in [-0.4, -0.2) is 29.3 Å². The second kappa shape index (κ2) is 9.34. The highest BCUT2D eigenvalue weighted by atomic mass is 16.4. The average molecular weight is 460 g/mol. The predicted octanol–water partition coefficient (Wildman–Crippen LogP) is 5.47. The molecule has 0 aromatic carbocycles. The molecule has 9 atom stereocenters. The molecule has 5 heteroatoms. The summed E-state index contributed by atoms with van der Waals surface area (Å²) in [7, 11) is 0. The Morgan fingerprint density at radius 1 is 1.09 bits per heavy atom. The standard InChI is InChI=1S/C28H45NO4/c1-5-18-14-20-22-8-7-21(17(2)6-9-25(31)29-16-26(32)33)27(22,3)13-11-23(20)28(4)12-10-19(30)15-24(18)28/h17-18,20-24H,5-16H2,1-4H3,(H,29,31)(H,32,33). The Morgan fingerprint density at radius 3 is 2.52 bits per heavy atom. The lowest BCUT2D eigenvalue weighted by Crippen LogP contribution is -2.56. The first-order valence-corrected chi connectivity index (χ1v) is 13.6. The summed E-state index contributed by atoms with van der Waals surface area (Å²) < 4.78 is 0. The van der Waals surface area contributed by atoms with E-state index in [1.54, 1.807) is 0 Å². The van der Waals surface area contributed by atoms with Crippen LogP contribution in [0.1, 0.15) is 98.3 Å². The maximum atomic E-state index is 12.4. The Hall–Kier alpha value is -1.39. The van der Waals surface area contributed by atoms with E-state index >= 15 is 0 Å². The fourth-order valence-electron chi connectivity index (χ4n) is 9.54. The number of amides is 1. The fraction of sp³-hybridized carbons (Fsp3) is 0.893. The predicted molar refractivity (Wildman–Crippen MR) is 128 cm³/mol. The zero-order valence-corrected chi connectivity index (χ0v) is 21.2. The van der Waals surface area contributed by atoms with Gasteiger partial charge in [0, 0.05) is 19.3 Å². The van der Waals surface area contributed by atoms with Crippen molar-refractivity contribution in [2.75, 3.05) is 6.54 Å². The minimum Gasteiger partial charge on any atom is -0.480 e. The van der Waals surface area contributed by atoms with E-state index in [9.17, 15) is 14.4 Å². The molecule has 0 aromatic rings. The van der Waals surface area contributed by atoms with Gasteiger partial charge in [0.1, 0.15) is 12.3 Å². The van der Waals surface area contributed by atoms with E-state index in [0.717, 1.165) is 43.4 Å². The topological polar surface area (TPSA) is 83.5 Å². The molecule has 0 radical (unpaired) electrons. The summed E-state index contributed by atoms with van der Waals surface area (Å²) in [4.78, 5) is 35.1. The molecule has 5 nitrogen and oxygen atoms in total. The number of carboxylic acid groups (broad SMARTS) is 1. The molecule has 2 N–H and O–H groups in total. The normalized spacial score (nSPS) is 43.2. The number of hydrogen-bond donors (Lipinski definition) is 2. The highest BCUT2D eigenvalue weighted by Gasteiger charge is 2.62. The molecule has 4 fully saturated rings. The van der Waals surface area contributed by atoms with E-state index in [2.05, 4.69) is 33.0 Å². The van der Waals surface area contributed by atoms with E-state index in [1.165, 1.54) is 38.5 Å². The molecule has 0 heterocycles. The van der Waals surface area contributed by atoms with Crippen molar-refractivity contribution in [1.29, 1.82) is 0 Å². The molecule has 0 aliphatic heterocycles. The van der Waals surface area contributed by atoms with E-state index in [1.807, 2.05) is 0 Å². The monoisotopic (exact) mass is 459 g/mol. The van der Waals surface area contributed by atoms with Crippen molar-refractivity contribution in [2.24, 2.45) is 52.3 Å². The number of Topliss-reactive ketones (excluding diaryl/α,β-unsaturated/α-hetero) is 1. The maximum Gasteiger partial charge on any atom is 0.322 e. The fourth-order valence-corrected chi connectivity index (χ4v) is 9.54. The molecule has 9 unspecified atom stereocenters. The van der Waals surface area contributed by atoms with Crippen molar-refractivity contribution in [3.05, 3.63) is 0 Å². The number of aliphatic carboxylic acids is 1. The Bertz CT molecular complexity index is 780. The first-order chi connectivity index (χ1) is 15.6. The molecule has 1 amide bonds. The quantitative estimate of drug-likeness (QED) is 0.529. The van der Waals surface area contributed by atoms with Crippen LogP contribution < -0.4 is 5.32 Å². The largest absolute Gasteiger partial charge is 0.480 e. The molecule has 4 aliphatic carbocycles. The van der Waals surface area contributed by atoms with Crippen LogP contribution >= 0.6 is 0 Å². The lowest BCUT2D eigenvalue weighted by molar-refractivity contribution is -0.152. The van der Waals surface area contributed by atoms with Crippen LogP contribution in [0.2, 0.25) is 0 Å². The molecule has 186 valence electrons. The minimum atomic E-state index is -0.990. The van der Waals surface area contributed by atoms with Crippen molar-refractivity contribution in [3.8, 4) is 0 Å². The van der Waals surface area contributed by atoms with Gasteiger partial charge in [0.2, 0.25) is 5.91 Å². The molecular weight excluding hydrogens is 414 g/mol. The van der Waals surface area contributed by atoms with E-state index in [-0.39, 0.29) is 12.5 Å². The molecule has 4 rings (SSSR count). The average Bonchev–Trinajstić information content (AvgIpc) is 3.13. The Kier molecular flexibility index (Phi) is 7.00. The summed E-state index contributed by atoms with van der Waals surface area (Å²) in [6.07, 6.45) is 11.6. The van der Waals surface area contributed by atoms with Crippen LogP contribution in [0.25, 0.3) is 0 Å². The van der Waals surface area contributed by atoms with Crippen molar-refractivity contribution in [3.63, 3.8) is 0 Å². The van der Waals surface area contributed by atoms with Crippen LogP contribution in [0, 0.1) is 52.3 Å². The van der Waals surface area contributed by atoms with Crippen LogP contribution in [0.5, 0.6) is 0 Å². The van der Waals surface area contributed by atoms with Gasteiger partial charge >= 0.3 is 5.97 Å². The van der Waals surface area contributed by atoms with Crippen LogP contribution in [0.3, 0.4) is 0 Å². The number of rotatable bonds is 7. The SMILES string of the molecule is CCC1CC2C3CCC(C(C)CCC(=O)NCC(=O)O)C3(C)CCC2C2(C)CCC(=O)CC12. The van der Waals surface area contributed by atoms with Gasteiger partial charge in [-0.15, -0.1) is 0 Å². The number of ketones is 1. The third kappa shape index (κ3) is 4.38. The van der Waals surface area contributed by atoms with Gasteiger partial charge in [-0.05, 0) is 97.2 Å². The third-order valence-corrected chi connectivity index (χ3v) is 11.2. The summed E-state index contributed by atoms with van der Waals surface area (Å²) >= 11 is 0. The Labute approximate surface area is 199 Å². The minimum absolute atomic E-state index is 0.142. The van der Waals surface area contributed by atoms with Gasteiger partial charge in [0.05, 0.1) is 0 Å². The second-order valence-electron chi connectivity index (χ2n) is 12.6. The van der Waals surface area contributed by atoms with Gasteiger partial charge in [-0.3, -0.25) is 14.4 Å². The molecule has 0 aromatic heterocycles. The van der Waals surface area contributed by atoms with Gasteiger partial charge in [-0.25, -0.2) is 0 Å². The molecule has 33 heavy (non-hydrogen) atoms. The smallest absolute Gasteiger partial charge is 0.322 e. The number of carbonyl (C=O) groups is 3. The van der Waals surface area contributed by atoms with Gasteiger partial charge in [-0.1, -0.05) is 34.1 Å². The van der Waals surface area contributed by atoms with Gasteiger partial charge < -0.3 is 10.4 Å². The molecule has 0 bridgehead atoms. The zero-order chi connectivity index (χ0) is 24.0. The summed E-state index contributed by atoms with van der Waals surface area (Å²) in [5, 5.41) is 11.3. The summed E-state index contributed by atoms with van der Waals surface area (Å²) in [6, 6.07) is 0. The molecule has 0 spiro atoms. The highest BCUT2D eigenvalue weighted by Crippen LogP contribution is 2.69. The summed E-state index contributed by atoms with van der Waals surface area (Å²) in [6.45, 7) is 9.45. The number of carboxylic acids is 1. The van der Waals surface area contributed by atoms with E-state index < -0.39 is 5.97 Å². The molecule has 4 saturated carbocycles. The second-order valence-corrected chi connectivity index (χ2v) is 12.6. The van der Waals surface area contributed by atoms with E-state index in [0.29, 0.717) is 46.7 Å². The van der Waals surface area contributed by atoms with Crippen molar-refractivity contribution >= 4 is 17.7 Å². The highest BCUT2D eigenvalue weighted by molar-refractivity contribution is 5.81. The van der Waals surface area contributed by atoms with Crippen LogP contribution in [-0.2, 0) is 14.4 Å². The first-order valence-electron chi connectivity index (χ1n) is 13.6. The zero-order valence-electron chi connectivity index (χ0n) is 21.2. The van der Waals surface area contributed by atoms with Gasteiger partial charge in [0.15, 0.2) is 0 Å². The van der Waals surface area contributed by atoms with Crippen LogP contribution in [0.15, 0.2) is 0 Å². The first kappa shape index (κ1) is 24.7. The van der Waals surface area contributed by atoms with E-state index in [4.69, 9.17) is 5.11 Å². The van der Waals surface area contributed by atoms with Gasteiger partial charge in [-0.2, -0.15) is 0 Å². The van der Waals surface area contributed by atoms with Gasteiger partial charge in [0.25, 0.3) is 0 Å². The number of fused-ring (bicyclic) bond motifs is 5. The Morgan fingerprint density at radius 2 is 1.82 bits per heavy atom. The number of hydrogen-bond acceptors (Lipinski definition) is 3. The number of nitrogens with one attached hydrogen (secondary N) is 1. The molecule has 4 aliphatic rings. The molecule has 0 saturated heterocycles. The summed E-state index contributed by atoms with van der Waals surface area (Å²) in [5.41, 5.74) is 0.689. The maximum absolute atomic E-state index is 12.4. The van der Waals surface area contributed by atoms with Crippen molar-refractivity contribution in [2.45, 2.75) is 98.3 Å². The lowest BCUT2D eigenvalue weighted by Gasteiger charge is -2.62. The lowest BCUT2D eigenvalue weighted by atomic mass is 9.42. The Balaban J connectivity index is 1.46.